The van der Waals surface area contributed by atoms with Crippen LogP contribution in [0, 0.1) is 6.92 Å². The Morgan fingerprint density at radius 2 is 2.00 bits per heavy atom. The average molecular weight is 336 g/mol. The van der Waals surface area contributed by atoms with E-state index in [0.29, 0.717) is 40.3 Å². The number of rotatable bonds is 5. The standard InChI is InChI=1S/C20H19NO4/c1-4-25-19-13(6-5-7-18(19)24-3)17-11-15(20(22)23)14-10-12(2)8-9-16(14)21-17/h5-11H,4H2,1-3H3,(H,22,23)/p-1. The number of hydrogen-bond donors (Lipinski definition) is 0. The third-order valence-electron chi connectivity index (χ3n) is 3.95. The zero-order chi connectivity index (χ0) is 18.0. The summed E-state index contributed by atoms with van der Waals surface area (Å²) in [6.07, 6.45) is 0. The Balaban J connectivity index is 2.30. The summed E-state index contributed by atoms with van der Waals surface area (Å²) >= 11 is 0. The fraction of sp³-hybridized carbons (Fsp3) is 0.200. The van der Waals surface area contributed by atoms with Crippen molar-refractivity contribution in [3.8, 4) is 22.8 Å². The number of ether oxygens (including phenoxy) is 2. The first kappa shape index (κ1) is 16.8. The van der Waals surface area contributed by atoms with E-state index in [9.17, 15) is 9.90 Å². The highest BCUT2D eigenvalue weighted by Crippen LogP contribution is 2.38. The summed E-state index contributed by atoms with van der Waals surface area (Å²) < 4.78 is 11.1. The Hall–Kier alpha value is -3.08. The van der Waals surface area contributed by atoms with E-state index in [1.54, 1.807) is 25.3 Å². The van der Waals surface area contributed by atoms with Gasteiger partial charge in [0.25, 0.3) is 0 Å². The van der Waals surface area contributed by atoms with Gasteiger partial charge in [-0.2, -0.15) is 0 Å². The summed E-state index contributed by atoms with van der Waals surface area (Å²) in [6.45, 7) is 4.23. The van der Waals surface area contributed by atoms with Crippen LogP contribution in [0.15, 0.2) is 42.5 Å². The molecule has 0 aliphatic heterocycles. The third-order valence-corrected chi connectivity index (χ3v) is 3.95. The van der Waals surface area contributed by atoms with Crippen molar-refractivity contribution >= 4 is 16.9 Å². The van der Waals surface area contributed by atoms with Crippen LogP contribution in [0.2, 0.25) is 0 Å². The number of aromatic carboxylic acids is 1. The number of carboxylic acid groups (broad SMARTS) is 1. The van der Waals surface area contributed by atoms with Crippen LogP contribution in [0.5, 0.6) is 11.5 Å². The Morgan fingerprint density at radius 1 is 1.20 bits per heavy atom. The fourth-order valence-electron chi connectivity index (χ4n) is 2.82. The highest BCUT2D eigenvalue weighted by molar-refractivity contribution is 6.03. The van der Waals surface area contributed by atoms with Crippen LogP contribution < -0.4 is 14.6 Å². The minimum Gasteiger partial charge on any atom is -0.545 e. The fourth-order valence-corrected chi connectivity index (χ4v) is 2.82. The summed E-state index contributed by atoms with van der Waals surface area (Å²) in [5, 5.41) is 12.2. The molecule has 0 spiro atoms. The van der Waals surface area contributed by atoms with Gasteiger partial charge in [-0.05, 0) is 44.2 Å². The summed E-state index contributed by atoms with van der Waals surface area (Å²) in [5.74, 6) is -0.129. The van der Waals surface area contributed by atoms with E-state index in [-0.39, 0.29) is 5.56 Å². The zero-order valence-corrected chi connectivity index (χ0v) is 14.3. The van der Waals surface area contributed by atoms with Crippen LogP contribution in [-0.2, 0) is 0 Å². The van der Waals surface area contributed by atoms with Gasteiger partial charge in [0.05, 0.1) is 30.9 Å². The molecule has 3 rings (SSSR count). The third kappa shape index (κ3) is 3.13. The van der Waals surface area contributed by atoms with E-state index in [1.165, 1.54) is 6.07 Å². The molecule has 1 aromatic heterocycles. The Kier molecular flexibility index (Phi) is 4.57. The van der Waals surface area contributed by atoms with E-state index in [1.807, 2.05) is 32.0 Å². The van der Waals surface area contributed by atoms with Gasteiger partial charge in [0, 0.05) is 16.5 Å². The maximum Gasteiger partial charge on any atom is 0.170 e. The quantitative estimate of drug-likeness (QED) is 0.716. The van der Waals surface area contributed by atoms with Gasteiger partial charge in [-0.25, -0.2) is 4.98 Å². The summed E-state index contributed by atoms with van der Waals surface area (Å²) in [5.41, 5.74) is 2.83. The summed E-state index contributed by atoms with van der Waals surface area (Å²) in [7, 11) is 1.56. The first-order valence-electron chi connectivity index (χ1n) is 7.98. The van der Waals surface area contributed by atoms with Crippen molar-refractivity contribution in [2.24, 2.45) is 0 Å². The average Bonchev–Trinajstić information content (AvgIpc) is 2.61. The van der Waals surface area contributed by atoms with E-state index in [0.717, 1.165) is 5.56 Å². The molecule has 5 nitrogen and oxygen atoms in total. The van der Waals surface area contributed by atoms with Crippen LogP contribution in [0.3, 0.4) is 0 Å². The molecule has 0 amide bonds. The molecule has 0 aliphatic carbocycles. The van der Waals surface area contributed by atoms with Crippen molar-refractivity contribution in [1.29, 1.82) is 0 Å². The lowest BCUT2D eigenvalue weighted by atomic mass is 10.0. The number of hydrogen-bond acceptors (Lipinski definition) is 5. The number of carboxylic acids is 1. The molecule has 0 aliphatic rings. The Morgan fingerprint density at radius 3 is 2.68 bits per heavy atom. The monoisotopic (exact) mass is 336 g/mol. The number of aromatic nitrogens is 1. The van der Waals surface area contributed by atoms with Crippen LogP contribution in [0.1, 0.15) is 22.8 Å². The predicted octanol–water partition coefficient (Wildman–Crippen LogP) is 2.98. The minimum atomic E-state index is -1.24. The highest BCUT2D eigenvalue weighted by atomic mass is 16.5. The molecule has 2 aromatic carbocycles. The maximum absolute atomic E-state index is 11.6. The lowest BCUT2D eigenvalue weighted by Crippen LogP contribution is -2.22. The maximum atomic E-state index is 11.6. The second kappa shape index (κ2) is 6.81. The molecule has 3 aromatic rings. The zero-order valence-electron chi connectivity index (χ0n) is 14.3. The van der Waals surface area contributed by atoms with Gasteiger partial charge in [0.1, 0.15) is 0 Å². The molecule has 1 heterocycles. The molecule has 25 heavy (non-hydrogen) atoms. The largest absolute Gasteiger partial charge is 0.545 e. The number of benzene rings is 2. The molecule has 0 fully saturated rings. The number of nitrogens with zero attached hydrogens (tertiary/aromatic N) is 1. The second-order valence-electron chi connectivity index (χ2n) is 5.63. The van der Waals surface area contributed by atoms with Crippen molar-refractivity contribution < 1.29 is 19.4 Å². The minimum absolute atomic E-state index is 0.106. The van der Waals surface area contributed by atoms with Gasteiger partial charge in [-0.15, -0.1) is 0 Å². The van der Waals surface area contributed by atoms with Crippen LogP contribution >= 0.6 is 0 Å². The number of fused-ring (bicyclic) bond motifs is 1. The molecular weight excluding hydrogens is 318 g/mol. The van der Waals surface area contributed by atoms with Gasteiger partial charge in [-0.1, -0.05) is 17.7 Å². The number of aryl methyl sites for hydroxylation is 1. The van der Waals surface area contributed by atoms with Gasteiger partial charge in [0.15, 0.2) is 11.5 Å². The number of methoxy groups -OCH3 is 1. The predicted molar refractivity (Wildman–Crippen MR) is 94.0 cm³/mol. The first-order valence-corrected chi connectivity index (χ1v) is 7.98. The van der Waals surface area contributed by atoms with E-state index in [4.69, 9.17) is 9.47 Å². The molecule has 0 atom stereocenters. The second-order valence-corrected chi connectivity index (χ2v) is 5.63. The number of para-hydroxylation sites is 1. The number of carbonyl (C=O) groups is 1. The molecule has 0 unspecified atom stereocenters. The first-order chi connectivity index (χ1) is 12.0. The van der Waals surface area contributed by atoms with Gasteiger partial charge < -0.3 is 19.4 Å². The van der Waals surface area contributed by atoms with Crippen LogP contribution in [0.25, 0.3) is 22.2 Å². The highest BCUT2D eigenvalue weighted by Gasteiger charge is 2.16. The van der Waals surface area contributed by atoms with E-state index >= 15 is 0 Å². The molecule has 0 saturated heterocycles. The topological polar surface area (TPSA) is 71.5 Å². The smallest absolute Gasteiger partial charge is 0.170 e. The van der Waals surface area contributed by atoms with Gasteiger partial charge >= 0.3 is 0 Å². The SMILES string of the molecule is CCOc1c(OC)cccc1-c1cc(C(=O)[O-])c2cc(C)ccc2n1. The van der Waals surface area contributed by atoms with Gasteiger partial charge in [0.2, 0.25) is 0 Å². The molecule has 0 radical (unpaired) electrons. The van der Waals surface area contributed by atoms with Crippen molar-refractivity contribution in [2.75, 3.05) is 13.7 Å². The lowest BCUT2D eigenvalue weighted by molar-refractivity contribution is -0.254. The van der Waals surface area contributed by atoms with Crippen molar-refractivity contribution in [2.45, 2.75) is 13.8 Å². The van der Waals surface area contributed by atoms with E-state index in [2.05, 4.69) is 4.98 Å². The van der Waals surface area contributed by atoms with Crippen LogP contribution in [-0.4, -0.2) is 24.7 Å². The molecular formula is C20H18NO4-. The Bertz CT molecular complexity index is 950. The van der Waals surface area contributed by atoms with E-state index < -0.39 is 5.97 Å². The molecule has 0 bridgehead atoms. The molecule has 5 heteroatoms. The summed E-state index contributed by atoms with van der Waals surface area (Å²) in [4.78, 5) is 16.3. The molecule has 0 saturated carbocycles. The van der Waals surface area contributed by atoms with Crippen molar-refractivity contribution in [1.82, 2.24) is 4.98 Å². The normalized spacial score (nSPS) is 10.7. The van der Waals surface area contributed by atoms with Gasteiger partial charge in [-0.3, -0.25) is 0 Å². The molecule has 128 valence electrons. The van der Waals surface area contributed by atoms with Crippen molar-refractivity contribution in [3.63, 3.8) is 0 Å². The Labute approximate surface area is 145 Å². The molecule has 0 N–H and O–H groups in total. The lowest BCUT2D eigenvalue weighted by Gasteiger charge is -2.16. The van der Waals surface area contributed by atoms with Crippen molar-refractivity contribution in [3.05, 3.63) is 53.6 Å². The number of carbonyl (C=O) groups excluding carboxylic acids is 1. The summed E-state index contributed by atoms with van der Waals surface area (Å²) in [6, 6.07) is 12.5. The number of pyridine rings is 1. The van der Waals surface area contributed by atoms with Crippen LogP contribution in [0.4, 0.5) is 0 Å².